The maximum absolute atomic E-state index is 2.07. The van der Waals surface area contributed by atoms with Crippen molar-refractivity contribution < 1.29 is 0 Å². The molecule has 1 heterocycles. The molecular weight excluding hydrogens is 168 g/mol. The van der Waals surface area contributed by atoms with E-state index in [4.69, 9.17) is 0 Å². The average Bonchev–Trinajstić information content (AvgIpc) is 2.00. The van der Waals surface area contributed by atoms with E-state index < -0.39 is 0 Å². The lowest BCUT2D eigenvalue weighted by molar-refractivity contribution is 1.96. The first-order valence-electron chi connectivity index (χ1n) is 2.47. The van der Waals surface area contributed by atoms with Crippen LogP contribution in [0.3, 0.4) is 0 Å². The minimum Gasteiger partial charge on any atom is -0.0617 e. The van der Waals surface area contributed by atoms with Gasteiger partial charge in [0.1, 0.15) is 0 Å². The normalized spacial score (nSPS) is 22.2. The van der Waals surface area contributed by atoms with Crippen LogP contribution < -0.4 is 0 Å². The first-order valence-corrected chi connectivity index (χ1v) is 6.08. The average molecular weight is 174 g/mol. The van der Waals surface area contributed by atoms with Gasteiger partial charge in [0.2, 0.25) is 0 Å². The van der Waals surface area contributed by atoms with E-state index in [1.807, 2.05) is 24.3 Å². The molecule has 0 atom stereocenters. The highest BCUT2D eigenvalue weighted by atomic mass is 33.5. The molecule has 0 amide bonds. The molecule has 3 heteroatoms. The molecule has 0 saturated carbocycles. The molecule has 0 N–H and O–H groups in total. The van der Waals surface area contributed by atoms with Gasteiger partial charge in [0, 0.05) is 0 Å². The molecular formula is C6H6S3. The van der Waals surface area contributed by atoms with Crippen LogP contribution in [0.15, 0.2) is 35.1 Å². The summed E-state index contributed by atoms with van der Waals surface area (Å²) in [6.07, 6.45) is 8.12. The van der Waals surface area contributed by atoms with Crippen molar-refractivity contribution in [2.24, 2.45) is 0 Å². The first-order chi connectivity index (χ1) is 4.50. The highest BCUT2D eigenvalue weighted by Gasteiger charge is 1.81. The van der Waals surface area contributed by atoms with Crippen molar-refractivity contribution >= 4 is 31.4 Å². The van der Waals surface area contributed by atoms with Gasteiger partial charge >= 0.3 is 0 Å². The number of allylic oxidation sites excluding steroid dienone is 4. The molecule has 0 aromatic carbocycles. The van der Waals surface area contributed by atoms with E-state index in [0.717, 1.165) is 0 Å². The zero-order chi connectivity index (χ0) is 6.36. The zero-order valence-electron chi connectivity index (χ0n) is 4.69. The second-order valence-electron chi connectivity index (χ2n) is 1.30. The Hall–Kier alpha value is 0.270. The van der Waals surface area contributed by atoms with Crippen LogP contribution >= 0.6 is 31.4 Å². The molecule has 0 saturated heterocycles. The Morgan fingerprint density at radius 2 is 1.22 bits per heavy atom. The Bertz CT molecular complexity index is 130. The molecule has 0 radical (unpaired) electrons. The summed E-state index contributed by atoms with van der Waals surface area (Å²) in [7, 11) is 5.24. The summed E-state index contributed by atoms with van der Waals surface area (Å²) in [6.45, 7) is 0. The number of hydrogen-bond acceptors (Lipinski definition) is 3. The van der Waals surface area contributed by atoms with E-state index in [0.29, 0.717) is 0 Å². The van der Waals surface area contributed by atoms with Gasteiger partial charge in [-0.1, -0.05) is 45.9 Å². The number of rotatable bonds is 0. The molecule has 0 bridgehead atoms. The summed E-state index contributed by atoms with van der Waals surface area (Å²) < 4.78 is 0. The van der Waals surface area contributed by atoms with E-state index in [1.54, 1.807) is 31.4 Å². The molecule has 1 aliphatic heterocycles. The molecule has 0 aromatic heterocycles. The van der Waals surface area contributed by atoms with Crippen LogP contribution in [-0.4, -0.2) is 0 Å². The molecule has 48 valence electrons. The lowest BCUT2D eigenvalue weighted by Crippen LogP contribution is -1.43. The summed E-state index contributed by atoms with van der Waals surface area (Å²) in [6, 6.07) is 0. The van der Waals surface area contributed by atoms with Crippen molar-refractivity contribution in [2.45, 2.75) is 0 Å². The van der Waals surface area contributed by atoms with Crippen LogP contribution in [0, 0.1) is 0 Å². The van der Waals surface area contributed by atoms with Crippen LogP contribution in [-0.2, 0) is 0 Å². The van der Waals surface area contributed by atoms with Gasteiger partial charge in [0.25, 0.3) is 0 Å². The van der Waals surface area contributed by atoms with Gasteiger partial charge in [-0.15, -0.1) is 0 Å². The number of hydrogen-bond donors (Lipinski definition) is 0. The van der Waals surface area contributed by atoms with Gasteiger partial charge in [-0.3, -0.25) is 0 Å². The largest absolute Gasteiger partial charge is 0.0617 e. The summed E-state index contributed by atoms with van der Waals surface area (Å²) >= 11 is 0. The van der Waals surface area contributed by atoms with Crippen molar-refractivity contribution in [1.29, 1.82) is 0 Å². The van der Waals surface area contributed by atoms with Crippen LogP contribution in [0.25, 0.3) is 0 Å². The molecule has 1 rings (SSSR count). The lowest BCUT2D eigenvalue weighted by Gasteiger charge is -1.84. The fourth-order valence-electron chi connectivity index (χ4n) is 0.351. The highest BCUT2D eigenvalue weighted by molar-refractivity contribution is 9.10. The Balaban J connectivity index is 2.45. The molecule has 0 unspecified atom stereocenters. The lowest BCUT2D eigenvalue weighted by atomic mass is 10.5. The Kier molecular flexibility index (Phi) is 4.17. The second kappa shape index (κ2) is 5.09. The van der Waals surface area contributed by atoms with E-state index >= 15 is 0 Å². The smallest absolute Gasteiger partial charge is 0.0158 e. The van der Waals surface area contributed by atoms with Crippen LogP contribution in [0.5, 0.6) is 0 Å². The minimum atomic E-state index is 1.74. The van der Waals surface area contributed by atoms with Crippen molar-refractivity contribution in [3.8, 4) is 0 Å². The van der Waals surface area contributed by atoms with E-state index in [-0.39, 0.29) is 0 Å². The van der Waals surface area contributed by atoms with Gasteiger partial charge in [-0.05, 0) is 20.6 Å². The standard InChI is InChI=1S/C6H6S3/c1-2-4-6-8-9-7-5-3-1/h1-6H/b2-1?,5-3+,6-4?. The molecule has 0 nitrogen and oxygen atoms in total. The fourth-order valence-corrected chi connectivity index (χ4v) is 2.81. The third-order valence-electron chi connectivity index (χ3n) is 0.680. The van der Waals surface area contributed by atoms with Gasteiger partial charge in [0.05, 0.1) is 0 Å². The molecule has 1 aliphatic rings. The van der Waals surface area contributed by atoms with Crippen LogP contribution in [0.2, 0.25) is 0 Å². The van der Waals surface area contributed by atoms with E-state index in [2.05, 4.69) is 10.8 Å². The van der Waals surface area contributed by atoms with Crippen LogP contribution in [0.1, 0.15) is 0 Å². The van der Waals surface area contributed by atoms with Crippen molar-refractivity contribution in [3.05, 3.63) is 35.1 Å². The Morgan fingerprint density at radius 1 is 0.667 bits per heavy atom. The third-order valence-corrected chi connectivity index (χ3v) is 3.93. The zero-order valence-corrected chi connectivity index (χ0v) is 7.14. The molecule has 0 fully saturated rings. The van der Waals surface area contributed by atoms with Gasteiger partial charge in [0.15, 0.2) is 0 Å². The maximum Gasteiger partial charge on any atom is -0.0158 e. The third kappa shape index (κ3) is 3.78. The predicted molar refractivity (Wildman–Crippen MR) is 50.2 cm³/mol. The highest BCUT2D eigenvalue weighted by Crippen LogP contribution is 2.36. The predicted octanol–water partition coefficient (Wildman–Crippen LogP) is 3.61. The minimum absolute atomic E-state index is 1.74. The van der Waals surface area contributed by atoms with E-state index in [1.165, 1.54) is 0 Å². The van der Waals surface area contributed by atoms with Crippen molar-refractivity contribution in [1.82, 2.24) is 0 Å². The molecule has 0 aromatic rings. The molecule has 0 spiro atoms. The summed E-state index contributed by atoms with van der Waals surface area (Å²) in [5.74, 6) is 0. The van der Waals surface area contributed by atoms with E-state index in [9.17, 15) is 0 Å². The quantitative estimate of drug-likeness (QED) is 0.515. The monoisotopic (exact) mass is 174 g/mol. The Labute approximate surface area is 66.7 Å². The molecule has 9 heavy (non-hydrogen) atoms. The summed E-state index contributed by atoms with van der Waals surface area (Å²) in [5, 5.41) is 4.14. The second-order valence-corrected chi connectivity index (χ2v) is 5.16. The molecule has 0 aliphatic carbocycles. The maximum atomic E-state index is 2.07. The van der Waals surface area contributed by atoms with Gasteiger partial charge < -0.3 is 0 Å². The van der Waals surface area contributed by atoms with Gasteiger partial charge in [-0.2, -0.15) is 0 Å². The van der Waals surface area contributed by atoms with Crippen LogP contribution in [0.4, 0.5) is 0 Å². The van der Waals surface area contributed by atoms with Gasteiger partial charge in [-0.25, -0.2) is 0 Å². The Morgan fingerprint density at radius 3 is 1.78 bits per heavy atom. The van der Waals surface area contributed by atoms with Crippen molar-refractivity contribution in [2.75, 3.05) is 0 Å². The van der Waals surface area contributed by atoms with Crippen molar-refractivity contribution in [3.63, 3.8) is 0 Å². The topological polar surface area (TPSA) is 0 Å². The SMILES string of the molecule is C1=C/C=C/SSSC=C1. The summed E-state index contributed by atoms with van der Waals surface area (Å²) in [4.78, 5) is 0. The summed E-state index contributed by atoms with van der Waals surface area (Å²) in [5.41, 5.74) is 0. The fraction of sp³-hybridized carbons (Fsp3) is 0. The first kappa shape index (κ1) is 7.38.